The number of urea groups is 1. The predicted molar refractivity (Wildman–Crippen MR) is 168 cm³/mol. The molecule has 0 bridgehead atoms. The molecule has 4 amide bonds. The molecule has 2 aliphatic heterocycles. The van der Waals surface area contributed by atoms with E-state index in [1.54, 1.807) is 62.6 Å². The minimum Gasteiger partial charge on any atom is -0.508 e. The highest BCUT2D eigenvalue weighted by atomic mass is 16.3. The number of phenols is 1. The number of hydrazine groups is 1. The van der Waals surface area contributed by atoms with Gasteiger partial charge in [-0.15, -0.1) is 6.58 Å². The highest BCUT2D eigenvalue weighted by Crippen LogP contribution is 2.30. The van der Waals surface area contributed by atoms with Gasteiger partial charge in [0.15, 0.2) is 0 Å². The fraction of sp³-hybridized carbons (Fsp3) is 0.235. The highest BCUT2D eigenvalue weighted by molar-refractivity contribution is 5.91. The van der Waals surface area contributed by atoms with E-state index in [1.165, 1.54) is 0 Å². The molecule has 1 aromatic heterocycles. The molecule has 2 aliphatic rings. The third kappa shape index (κ3) is 6.43. The molecule has 0 aliphatic carbocycles. The van der Waals surface area contributed by atoms with Crippen LogP contribution >= 0.6 is 0 Å². The number of hydrogen-bond acceptors (Lipinski definition) is 6. The van der Waals surface area contributed by atoms with Crippen LogP contribution in [0, 0.1) is 0 Å². The first-order valence-corrected chi connectivity index (χ1v) is 14.8. The van der Waals surface area contributed by atoms with E-state index in [-0.39, 0.29) is 56.2 Å². The molecular formula is C34H35N7O4. The number of piperazine rings is 1. The number of carbonyl (C=O) groups is 3. The lowest BCUT2D eigenvalue weighted by Crippen LogP contribution is -2.76. The van der Waals surface area contributed by atoms with Crippen LogP contribution in [0.1, 0.15) is 16.7 Å². The summed E-state index contributed by atoms with van der Waals surface area (Å²) in [6, 6.07) is 22.8. The number of rotatable bonds is 9. The Bertz CT molecular complexity index is 1660. The van der Waals surface area contributed by atoms with Crippen LogP contribution in [-0.2, 0) is 29.1 Å². The number of benzene rings is 3. The SMILES string of the molecule is C=CCN1CC(=O)N2[C@@H](Cc3ccc(O)cc3)C(=O)N(Cc3cccc(-c4ncc[nH]4)c3)C[C@@H]2N1C(=O)NCc1ccccc1. The summed E-state index contributed by atoms with van der Waals surface area (Å²) in [6.07, 6.45) is 4.57. The number of aromatic hydroxyl groups is 1. The first-order valence-electron chi connectivity index (χ1n) is 14.8. The second-order valence-corrected chi connectivity index (χ2v) is 11.1. The second kappa shape index (κ2) is 13.1. The normalized spacial score (nSPS) is 18.5. The summed E-state index contributed by atoms with van der Waals surface area (Å²) in [7, 11) is 0. The van der Waals surface area contributed by atoms with Crippen molar-refractivity contribution in [3.8, 4) is 17.1 Å². The van der Waals surface area contributed by atoms with E-state index in [1.807, 2.05) is 54.6 Å². The van der Waals surface area contributed by atoms with Crippen LogP contribution in [-0.4, -0.2) is 84.6 Å². The lowest BCUT2D eigenvalue weighted by molar-refractivity contribution is -0.189. The summed E-state index contributed by atoms with van der Waals surface area (Å²) in [5.74, 6) is 0.376. The lowest BCUT2D eigenvalue weighted by atomic mass is 9.98. The first-order chi connectivity index (χ1) is 21.9. The molecule has 11 nitrogen and oxygen atoms in total. The molecule has 0 unspecified atom stereocenters. The van der Waals surface area contributed by atoms with Crippen LogP contribution in [0.15, 0.2) is 104 Å². The summed E-state index contributed by atoms with van der Waals surface area (Å²) in [6.45, 7) is 4.74. The van der Waals surface area contributed by atoms with Crippen LogP contribution in [0.5, 0.6) is 5.75 Å². The smallest absolute Gasteiger partial charge is 0.334 e. The van der Waals surface area contributed by atoms with Gasteiger partial charge in [0.2, 0.25) is 11.8 Å². The van der Waals surface area contributed by atoms with Crippen LogP contribution in [0.2, 0.25) is 0 Å². The maximum atomic E-state index is 14.2. The van der Waals surface area contributed by atoms with Crippen molar-refractivity contribution in [2.24, 2.45) is 0 Å². The standard InChI is InChI=1S/C34H35N7O4/c1-2-17-39-23-31(43)40-29(19-24-11-13-28(42)14-12-24)33(44)38(21-26-9-6-10-27(18-26)32-35-15-16-36-32)22-30(40)41(39)34(45)37-20-25-7-4-3-5-8-25/h2-16,18,29-30,42H,1,17,19-23H2,(H,35,36)(H,37,45)/t29-,30-/m0/s1. The van der Waals surface area contributed by atoms with Gasteiger partial charge in [0.05, 0.1) is 13.1 Å². The van der Waals surface area contributed by atoms with Gasteiger partial charge >= 0.3 is 6.03 Å². The Kier molecular flexibility index (Phi) is 8.61. The maximum Gasteiger partial charge on any atom is 0.334 e. The molecule has 3 heterocycles. The zero-order chi connectivity index (χ0) is 31.3. The number of H-pyrrole nitrogens is 1. The summed E-state index contributed by atoms with van der Waals surface area (Å²) >= 11 is 0. The van der Waals surface area contributed by atoms with Gasteiger partial charge in [-0.25, -0.2) is 19.8 Å². The van der Waals surface area contributed by atoms with Gasteiger partial charge in [-0.3, -0.25) is 9.59 Å². The molecule has 2 atom stereocenters. The van der Waals surface area contributed by atoms with Crippen LogP contribution in [0.3, 0.4) is 0 Å². The van der Waals surface area contributed by atoms with Gasteiger partial charge in [0.1, 0.15) is 23.8 Å². The number of aromatic amines is 1. The minimum atomic E-state index is -0.857. The number of nitrogens with one attached hydrogen (secondary N) is 2. The number of imidazole rings is 1. The monoisotopic (exact) mass is 605 g/mol. The number of fused-ring (bicyclic) bond motifs is 1. The molecule has 11 heteroatoms. The highest BCUT2D eigenvalue weighted by Gasteiger charge is 2.51. The van der Waals surface area contributed by atoms with Gasteiger partial charge in [0, 0.05) is 44.0 Å². The van der Waals surface area contributed by atoms with Crippen molar-refractivity contribution in [3.05, 3.63) is 121 Å². The summed E-state index contributed by atoms with van der Waals surface area (Å²) in [5.41, 5.74) is 3.50. The summed E-state index contributed by atoms with van der Waals surface area (Å²) in [4.78, 5) is 52.6. The molecular weight excluding hydrogens is 570 g/mol. The Morgan fingerprint density at radius 1 is 1.02 bits per heavy atom. The van der Waals surface area contributed by atoms with E-state index in [0.717, 1.165) is 28.1 Å². The number of phenolic OH excluding ortho intramolecular Hbond substituents is 1. The number of nitrogens with zero attached hydrogens (tertiary/aromatic N) is 5. The molecule has 3 aromatic carbocycles. The van der Waals surface area contributed by atoms with Gasteiger partial charge in [-0.1, -0.05) is 66.7 Å². The number of carbonyl (C=O) groups excluding carboxylic acids is 3. The van der Waals surface area contributed by atoms with Crippen molar-refractivity contribution < 1.29 is 19.5 Å². The van der Waals surface area contributed by atoms with Crippen molar-refractivity contribution in [2.75, 3.05) is 19.6 Å². The maximum absolute atomic E-state index is 14.2. The Hall–Kier alpha value is -5.42. The van der Waals surface area contributed by atoms with E-state index in [4.69, 9.17) is 0 Å². The Balaban J connectivity index is 1.34. The number of amides is 4. The molecule has 0 radical (unpaired) electrons. The fourth-order valence-electron chi connectivity index (χ4n) is 6.01. The predicted octanol–water partition coefficient (Wildman–Crippen LogP) is 3.52. The van der Waals surface area contributed by atoms with E-state index in [0.29, 0.717) is 6.54 Å². The Labute approximate surface area is 261 Å². The molecule has 45 heavy (non-hydrogen) atoms. The first kappa shape index (κ1) is 29.6. The van der Waals surface area contributed by atoms with E-state index < -0.39 is 12.2 Å². The average Bonchev–Trinajstić information content (AvgIpc) is 3.59. The molecule has 2 saturated heterocycles. The second-order valence-electron chi connectivity index (χ2n) is 11.1. The lowest BCUT2D eigenvalue weighted by Gasteiger charge is -2.55. The zero-order valence-corrected chi connectivity index (χ0v) is 24.8. The number of aromatic nitrogens is 2. The third-order valence-corrected chi connectivity index (χ3v) is 8.10. The quantitative estimate of drug-likeness (QED) is 0.251. The van der Waals surface area contributed by atoms with Crippen molar-refractivity contribution >= 4 is 17.8 Å². The van der Waals surface area contributed by atoms with Gasteiger partial charge in [0.25, 0.3) is 0 Å². The average molecular weight is 606 g/mol. The van der Waals surface area contributed by atoms with E-state index in [2.05, 4.69) is 21.9 Å². The zero-order valence-electron chi connectivity index (χ0n) is 24.8. The third-order valence-electron chi connectivity index (χ3n) is 8.10. The van der Waals surface area contributed by atoms with Crippen LogP contribution in [0.25, 0.3) is 11.4 Å². The van der Waals surface area contributed by atoms with Crippen molar-refractivity contribution in [1.82, 2.24) is 35.1 Å². The molecule has 6 rings (SSSR count). The fourth-order valence-corrected chi connectivity index (χ4v) is 6.01. The van der Waals surface area contributed by atoms with Crippen molar-refractivity contribution in [3.63, 3.8) is 0 Å². The van der Waals surface area contributed by atoms with Gasteiger partial charge in [-0.2, -0.15) is 0 Å². The molecule has 2 fully saturated rings. The molecule has 3 N–H and O–H groups in total. The van der Waals surface area contributed by atoms with E-state index >= 15 is 0 Å². The van der Waals surface area contributed by atoms with Crippen LogP contribution < -0.4 is 5.32 Å². The number of hydrogen-bond donors (Lipinski definition) is 3. The van der Waals surface area contributed by atoms with Crippen LogP contribution in [0.4, 0.5) is 4.79 Å². The topological polar surface area (TPSA) is 125 Å². The minimum absolute atomic E-state index is 0.0776. The largest absolute Gasteiger partial charge is 0.508 e. The van der Waals surface area contributed by atoms with Gasteiger partial charge in [-0.05, 0) is 34.9 Å². The van der Waals surface area contributed by atoms with Crippen molar-refractivity contribution in [1.29, 1.82) is 0 Å². The summed E-state index contributed by atoms with van der Waals surface area (Å²) < 4.78 is 0. The Morgan fingerprint density at radius 3 is 2.53 bits per heavy atom. The molecule has 4 aromatic rings. The molecule has 0 spiro atoms. The Morgan fingerprint density at radius 2 is 1.80 bits per heavy atom. The molecule has 0 saturated carbocycles. The summed E-state index contributed by atoms with van der Waals surface area (Å²) in [5, 5.41) is 16.1. The van der Waals surface area contributed by atoms with Gasteiger partial charge < -0.3 is 25.2 Å². The van der Waals surface area contributed by atoms with E-state index in [9.17, 15) is 19.5 Å². The van der Waals surface area contributed by atoms with Crippen molar-refractivity contribution in [2.45, 2.75) is 31.7 Å². The molecule has 230 valence electrons.